The number of aromatic amines is 1. The number of nitrogens with zero attached hydrogens (tertiary/aromatic N) is 5. The van der Waals surface area contributed by atoms with Crippen molar-refractivity contribution in [1.82, 2.24) is 24.1 Å². The second-order valence-electron chi connectivity index (χ2n) is 6.34. The minimum Gasteiger partial charge on any atom is -0.383 e. The molecular formula is C18H23N7O3S. The molecule has 0 saturated carbocycles. The number of anilines is 2. The van der Waals surface area contributed by atoms with Gasteiger partial charge in [-0.05, 0) is 25.5 Å². The highest BCUT2D eigenvalue weighted by molar-refractivity contribution is 7.99. The largest absolute Gasteiger partial charge is 0.383 e. The van der Waals surface area contributed by atoms with Crippen LogP contribution in [0.15, 0.2) is 39.1 Å². The molecule has 3 heterocycles. The number of hydrogen-bond donors (Lipinski definition) is 2. The van der Waals surface area contributed by atoms with Gasteiger partial charge in [-0.25, -0.2) is 4.79 Å². The van der Waals surface area contributed by atoms with Crippen LogP contribution in [0.2, 0.25) is 0 Å². The molecule has 0 atom stereocenters. The Balaban J connectivity index is 1.86. The fourth-order valence-electron chi connectivity index (χ4n) is 2.96. The van der Waals surface area contributed by atoms with Crippen molar-refractivity contribution in [2.75, 3.05) is 22.9 Å². The van der Waals surface area contributed by atoms with E-state index in [2.05, 4.69) is 15.2 Å². The predicted molar refractivity (Wildman–Crippen MR) is 112 cm³/mol. The molecule has 3 rings (SSSR count). The van der Waals surface area contributed by atoms with Gasteiger partial charge in [0.1, 0.15) is 5.82 Å². The third-order valence-corrected chi connectivity index (χ3v) is 5.37. The number of fused-ring (bicyclic) bond motifs is 1. The summed E-state index contributed by atoms with van der Waals surface area (Å²) in [5, 5.41) is 8.71. The standard InChI is InChI=1S/C18H23N7O3S/c1-3-5-9-25-15(19)14(16(27)20-17(25)28)23(4-2)13(26)11-29-18-22-21-12-8-6-7-10-24(12)18/h6-8,10H,3-5,9,11,19H2,1-2H3,(H,20,27,28). The molecule has 10 nitrogen and oxygen atoms in total. The molecule has 0 aromatic carbocycles. The van der Waals surface area contributed by atoms with Crippen LogP contribution in [0.4, 0.5) is 11.5 Å². The molecule has 0 fully saturated rings. The third kappa shape index (κ3) is 4.19. The maximum atomic E-state index is 12.9. The van der Waals surface area contributed by atoms with Gasteiger partial charge in [0.05, 0.1) is 5.75 Å². The van der Waals surface area contributed by atoms with Gasteiger partial charge in [-0.2, -0.15) is 0 Å². The van der Waals surface area contributed by atoms with Crippen molar-refractivity contribution < 1.29 is 4.79 Å². The molecule has 0 aliphatic rings. The number of amides is 1. The summed E-state index contributed by atoms with van der Waals surface area (Å²) in [4.78, 5) is 41.0. The molecule has 29 heavy (non-hydrogen) atoms. The summed E-state index contributed by atoms with van der Waals surface area (Å²) in [7, 11) is 0. The van der Waals surface area contributed by atoms with E-state index < -0.39 is 11.2 Å². The van der Waals surface area contributed by atoms with Crippen molar-refractivity contribution in [3.63, 3.8) is 0 Å². The number of pyridine rings is 1. The van der Waals surface area contributed by atoms with Gasteiger partial charge in [0.2, 0.25) is 5.91 Å². The predicted octanol–water partition coefficient (Wildman–Crippen LogP) is 1.11. The summed E-state index contributed by atoms with van der Waals surface area (Å²) in [6.07, 6.45) is 3.40. The lowest BCUT2D eigenvalue weighted by molar-refractivity contribution is -0.116. The van der Waals surface area contributed by atoms with Gasteiger partial charge in [-0.15, -0.1) is 10.2 Å². The quantitative estimate of drug-likeness (QED) is 0.525. The lowest BCUT2D eigenvalue weighted by atomic mass is 10.3. The molecular weight excluding hydrogens is 394 g/mol. The monoisotopic (exact) mass is 417 g/mol. The number of unbranched alkanes of at least 4 members (excludes halogenated alkanes) is 1. The van der Waals surface area contributed by atoms with Crippen LogP contribution in [-0.2, 0) is 11.3 Å². The molecule has 0 aliphatic heterocycles. The first-order chi connectivity index (χ1) is 14.0. The van der Waals surface area contributed by atoms with Crippen LogP contribution in [0.25, 0.3) is 5.65 Å². The Kier molecular flexibility index (Phi) is 6.37. The second-order valence-corrected chi connectivity index (χ2v) is 7.28. The van der Waals surface area contributed by atoms with Crippen LogP contribution < -0.4 is 21.9 Å². The molecule has 3 aromatic rings. The number of nitrogen functional groups attached to an aromatic ring is 1. The first kappa shape index (κ1) is 20.6. The van der Waals surface area contributed by atoms with Crippen molar-refractivity contribution in [3.05, 3.63) is 45.2 Å². The van der Waals surface area contributed by atoms with Crippen LogP contribution in [0.1, 0.15) is 26.7 Å². The minimum absolute atomic E-state index is 0.0000884. The Morgan fingerprint density at radius 3 is 2.79 bits per heavy atom. The van der Waals surface area contributed by atoms with E-state index in [1.807, 2.05) is 31.3 Å². The van der Waals surface area contributed by atoms with Crippen molar-refractivity contribution in [2.45, 2.75) is 38.4 Å². The van der Waals surface area contributed by atoms with E-state index in [-0.39, 0.29) is 29.7 Å². The van der Waals surface area contributed by atoms with Gasteiger partial charge < -0.3 is 10.6 Å². The topological polar surface area (TPSA) is 131 Å². The lowest BCUT2D eigenvalue weighted by Crippen LogP contribution is -2.41. The zero-order chi connectivity index (χ0) is 21.0. The number of carbonyl (C=O) groups is 1. The fraction of sp³-hybridized carbons (Fsp3) is 0.389. The van der Waals surface area contributed by atoms with Gasteiger partial charge in [-0.1, -0.05) is 31.2 Å². The zero-order valence-corrected chi connectivity index (χ0v) is 17.1. The van der Waals surface area contributed by atoms with E-state index in [0.29, 0.717) is 17.3 Å². The smallest absolute Gasteiger partial charge is 0.330 e. The number of thioether (sulfide) groups is 1. The van der Waals surface area contributed by atoms with Gasteiger partial charge in [0.15, 0.2) is 16.5 Å². The lowest BCUT2D eigenvalue weighted by Gasteiger charge is -2.23. The highest BCUT2D eigenvalue weighted by Gasteiger charge is 2.23. The highest BCUT2D eigenvalue weighted by Crippen LogP contribution is 2.21. The molecule has 0 saturated heterocycles. The molecule has 3 aromatic heterocycles. The Bertz CT molecular complexity index is 1130. The van der Waals surface area contributed by atoms with E-state index in [1.54, 1.807) is 11.3 Å². The first-order valence-electron chi connectivity index (χ1n) is 9.33. The van der Waals surface area contributed by atoms with Crippen molar-refractivity contribution in [2.24, 2.45) is 0 Å². The van der Waals surface area contributed by atoms with Gasteiger partial charge >= 0.3 is 5.69 Å². The van der Waals surface area contributed by atoms with Crippen molar-refractivity contribution >= 4 is 34.8 Å². The number of H-pyrrole nitrogens is 1. The van der Waals surface area contributed by atoms with Crippen LogP contribution in [0, 0.1) is 0 Å². The third-order valence-electron chi connectivity index (χ3n) is 4.44. The number of rotatable bonds is 8. The maximum absolute atomic E-state index is 12.9. The van der Waals surface area contributed by atoms with E-state index in [1.165, 1.54) is 21.2 Å². The maximum Gasteiger partial charge on any atom is 0.330 e. The number of nitrogens with one attached hydrogen (secondary N) is 1. The Morgan fingerprint density at radius 2 is 2.07 bits per heavy atom. The van der Waals surface area contributed by atoms with Crippen LogP contribution >= 0.6 is 11.8 Å². The molecule has 0 aliphatic carbocycles. The average Bonchev–Trinajstić information content (AvgIpc) is 3.12. The molecule has 3 N–H and O–H groups in total. The van der Waals surface area contributed by atoms with Gasteiger partial charge in [0.25, 0.3) is 5.56 Å². The SMILES string of the molecule is CCCCn1c(N)c(N(CC)C(=O)CSc2nnc3ccccn23)c(=O)[nH]c1=O. The summed E-state index contributed by atoms with van der Waals surface area (Å²) in [5.41, 5.74) is 5.56. The summed E-state index contributed by atoms with van der Waals surface area (Å²) >= 11 is 1.21. The molecule has 0 bridgehead atoms. The highest BCUT2D eigenvalue weighted by atomic mass is 32.2. The average molecular weight is 417 g/mol. The van der Waals surface area contributed by atoms with E-state index in [0.717, 1.165) is 12.8 Å². The molecule has 154 valence electrons. The summed E-state index contributed by atoms with van der Waals surface area (Å²) < 4.78 is 3.08. The molecule has 0 radical (unpaired) electrons. The second kappa shape index (κ2) is 8.95. The summed E-state index contributed by atoms with van der Waals surface area (Å²) in [5.74, 6) is -0.278. The summed E-state index contributed by atoms with van der Waals surface area (Å²) in [6.45, 7) is 4.34. The molecule has 0 spiro atoms. The number of carbonyl (C=O) groups excluding carboxylic acids is 1. The molecule has 11 heteroatoms. The number of hydrogen-bond acceptors (Lipinski definition) is 7. The van der Waals surface area contributed by atoms with E-state index in [9.17, 15) is 14.4 Å². The Morgan fingerprint density at radius 1 is 1.28 bits per heavy atom. The normalized spacial score (nSPS) is 11.1. The van der Waals surface area contributed by atoms with Gasteiger partial charge in [0, 0.05) is 19.3 Å². The van der Waals surface area contributed by atoms with Gasteiger partial charge in [-0.3, -0.25) is 23.5 Å². The number of aromatic nitrogens is 5. The Hall–Kier alpha value is -3.08. The van der Waals surface area contributed by atoms with Crippen LogP contribution in [0.5, 0.6) is 0 Å². The number of nitrogens with two attached hydrogens (primary N) is 1. The zero-order valence-electron chi connectivity index (χ0n) is 16.3. The molecule has 0 unspecified atom stereocenters. The molecule has 1 amide bonds. The first-order valence-corrected chi connectivity index (χ1v) is 10.3. The minimum atomic E-state index is -0.673. The van der Waals surface area contributed by atoms with Crippen LogP contribution in [-0.4, -0.2) is 42.4 Å². The van der Waals surface area contributed by atoms with Crippen LogP contribution in [0.3, 0.4) is 0 Å². The fourth-order valence-corrected chi connectivity index (χ4v) is 3.76. The van der Waals surface area contributed by atoms with E-state index in [4.69, 9.17) is 5.73 Å². The van der Waals surface area contributed by atoms with E-state index >= 15 is 0 Å². The van der Waals surface area contributed by atoms with Crippen molar-refractivity contribution in [1.29, 1.82) is 0 Å². The Labute approximate surface area is 170 Å². The summed E-state index contributed by atoms with van der Waals surface area (Å²) in [6, 6.07) is 5.52. The van der Waals surface area contributed by atoms with Crippen molar-refractivity contribution in [3.8, 4) is 0 Å².